The molecule has 5 aromatic rings. The van der Waals surface area contributed by atoms with Crippen LogP contribution in [0.2, 0.25) is 0 Å². The summed E-state index contributed by atoms with van der Waals surface area (Å²) < 4.78 is 0.963. The number of nitrogens with zero attached hydrogens (tertiary/aromatic N) is 2. The van der Waals surface area contributed by atoms with Crippen molar-refractivity contribution in [2.75, 3.05) is 15.1 Å². The van der Waals surface area contributed by atoms with Gasteiger partial charge in [0.2, 0.25) is 0 Å². The predicted octanol–water partition coefficient (Wildman–Crippen LogP) is 8.20. The number of fused-ring (bicyclic) bond motifs is 2. The SMILES string of the molecule is CC(C)(c1c[se]c(C=C2C(=O)N(c3ccccc3)C(=S)N(c3ccccc3)C2=O)c1)c1cccc2c1Nc1ccccc1C2(C)C. The molecule has 4 aromatic carbocycles. The van der Waals surface area contributed by atoms with E-state index in [2.05, 4.69) is 86.5 Å². The summed E-state index contributed by atoms with van der Waals surface area (Å²) >= 11 is 5.70. The van der Waals surface area contributed by atoms with Crippen molar-refractivity contribution in [1.29, 1.82) is 0 Å². The van der Waals surface area contributed by atoms with Gasteiger partial charge in [0.1, 0.15) is 0 Å². The quantitative estimate of drug-likeness (QED) is 0.0877. The zero-order chi connectivity index (χ0) is 32.2. The minimum absolute atomic E-state index is 0.0680. The van der Waals surface area contributed by atoms with E-state index in [0.717, 1.165) is 21.4 Å². The second-order valence-electron chi connectivity index (χ2n) is 12.7. The Morgan fingerprint density at radius 1 is 0.761 bits per heavy atom. The number of amides is 2. The van der Waals surface area contributed by atoms with Crippen LogP contribution in [0.4, 0.5) is 22.7 Å². The molecule has 0 bridgehead atoms. The van der Waals surface area contributed by atoms with E-state index in [1.165, 1.54) is 26.5 Å². The molecule has 5 nitrogen and oxygen atoms in total. The zero-order valence-electron chi connectivity index (χ0n) is 26.1. The van der Waals surface area contributed by atoms with Crippen LogP contribution in [0.5, 0.6) is 0 Å². The Hall–Kier alpha value is -4.55. The number of carbonyl (C=O) groups is 2. The van der Waals surface area contributed by atoms with E-state index < -0.39 is 11.8 Å². The van der Waals surface area contributed by atoms with Crippen molar-refractivity contribution in [3.8, 4) is 0 Å². The van der Waals surface area contributed by atoms with Crippen molar-refractivity contribution in [2.24, 2.45) is 0 Å². The fraction of sp³-hybridized carbons (Fsp3) is 0.154. The van der Waals surface area contributed by atoms with Crippen molar-refractivity contribution in [2.45, 2.75) is 38.5 Å². The summed E-state index contributed by atoms with van der Waals surface area (Å²) in [5.74, 6) is -0.833. The Morgan fingerprint density at radius 3 is 1.96 bits per heavy atom. The van der Waals surface area contributed by atoms with E-state index in [1.807, 2.05) is 60.7 Å². The van der Waals surface area contributed by atoms with Crippen LogP contribution in [0.15, 0.2) is 120 Å². The third kappa shape index (κ3) is 4.87. The Kier molecular flexibility index (Phi) is 7.44. The Bertz CT molecular complexity index is 1980. The number of hydrogen-bond donors (Lipinski definition) is 1. The van der Waals surface area contributed by atoms with Crippen LogP contribution in [-0.2, 0) is 20.4 Å². The Balaban J connectivity index is 1.28. The molecule has 1 fully saturated rings. The van der Waals surface area contributed by atoms with Gasteiger partial charge in [-0.05, 0) is 0 Å². The van der Waals surface area contributed by atoms with E-state index in [4.69, 9.17) is 12.2 Å². The molecule has 2 aliphatic rings. The number of nitrogens with one attached hydrogen (secondary N) is 1. The van der Waals surface area contributed by atoms with Gasteiger partial charge in [0.05, 0.1) is 0 Å². The summed E-state index contributed by atoms with van der Waals surface area (Å²) in [7, 11) is 0. The number of rotatable bonds is 5. The molecule has 3 heterocycles. The molecule has 2 aliphatic heterocycles. The van der Waals surface area contributed by atoms with Crippen molar-refractivity contribution in [3.63, 3.8) is 0 Å². The first-order chi connectivity index (χ1) is 22.1. The van der Waals surface area contributed by atoms with Gasteiger partial charge in [-0.25, -0.2) is 0 Å². The summed E-state index contributed by atoms with van der Waals surface area (Å²) in [6.07, 6.45) is 1.77. The monoisotopic (exact) mass is 687 g/mol. The number of hydrogen-bond acceptors (Lipinski definition) is 4. The molecule has 0 radical (unpaired) electrons. The fourth-order valence-electron chi connectivity index (χ4n) is 6.54. The van der Waals surface area contributed by atoms with Crippen LogP contribution in [-0.4, -0.2) is 31.4 Å². The minimum atomic E-state index is -0.417. The molecular weight excluding hydrogens is 653 g/mol. The van der Waals surface area contributed by atoms with E-state index in [0.29, 0.717) is 11.4 Å². The van der Waals surface area contributed by atoms with Gasteiger partial charge in [-0.1, -0.05) is 0 Å². The zero-order valence-corrected chi connectivity index (χ0v) is 28.6. The van der Waals surface area contributed by atoms with Crippen LogP contribution < -0.4 is 15.1 Å². The van der Waals surface area contributed by atoms with Crippen molar-refractivity contribution >= 4 is 72.5 Å². The third-order valence-corrected chi connectivity index (χ3v) is 11.4. The first-order valence-corrected chi connectivity index (χ1v) is 17.5. The molecule has 0 atom stereocenters. The Morgan fingerprint density at radius 2 is 1.33 bits per heavy atom. The van der Waals surface area contributed by atoms with Crippen LogP contribution in [0.3, 0.4) is 0 Å². The van der Waals surface area contributed by atoms with E-state index >= 15 is 0 Å². The molecule has 0 saturated carbocycles. The summed E-state index contributed by atoms with van der Waals surface area (Å²) in [4.78, 5) is 33.2. The van der Waals surface area contributed by atoms with Crippen molar-refractivity contribution < 1.29 is 9.59 Å². The van der Waals surface area contributed by atoms with Gasteiger partial charge >= 0.3 is 282 Å². The summed E-state index contributed by atoms with van der Waals surface area (Å²) in [6, 6.07) is 35.8. The topological polar surface area (TPSA) is 52.7 Å². The first kappa shape index (κ1) is 30.1. The molecule has 0 aliphatic carbocycles. The van der Waals surface area contributed by atoms with Crippen molar-refractivity contribution in [3.05, 3.63) is 146 Å². The molecule has 1 aromatic heterocycles. The maximum absolute atomic E-state index is 14.0. The molecule has 1 N–H and O–H groups in total. The van der Waals surface area contributed by atoms with Gasteiger partial charge in [-0.2, -0.15) is 0 Å². The molecule has 0 spiro atoms. The normalized spacial score (nSPS) is 15.7. The standard InChI is InChI=1S/C39H33N3O2SSe/c1-38(2,31-19-13-20-32-34(31)40-33-21-12-11-18-30(33)39(32,3)4)25-22-28(46-24-25)23-29-35(43)41(26-14-7-5-8-15-26)37(45)42(36(29)44)27-16-9-6-10-17-27/h5-24,40H,1-4H3. The summed E-state index contributed by atoms with van der Waals surface area (Å²) in [5.41, 5.74) is 8.05. The Labute approximate surface area is 280 Å². The summed E-state index contributed by atoms with van der Waals surface area (Å²) in [5, 5.41) is 3.90. The number of carbonyl (C=O) groups excluding carboxylic acids is 2. The molecule has 228 valence electrons. The van der Waals surface area contributed by atoms with Crippen LogP contribution in [0.1, 0.15) is 54.4 Å². The molecule has 7 rings (SSSR count). The molecule has 7 heteroatoms. The van der Waals surface area contributed by atoms with Gasteiger partial charge in [0, 0.05) is 0 Å². The van der Waals surface area contributed by atoms with Gasteiger partial charge < -0.3 is 0 Å². The van der Waals surface area contributed by atoms with Crippen LogP contribution in [0.25, 0.3) is 6.08 Å². The van der Waals surface area contributed by atoms with E-state index in [-0.39, 0.29) is 36.0 Å². The second-order valence-corrected chi connectivity index (χ2v) is 15.0. The molecule has 46 heavy (non-hydrogen) atoms. The van der Waals surface area contributed by atoms with Crippen LogP contribution in [0, 0.1) is 0 Å². The number of thiocarbonyl (C=S) groups is 1. The third-order valence-electron chi connectivity index (χ3n) is 9.18. The molecule has 1 saturated heterocycles. The average Bonchev–Trinajstić information content (AvgIpc) is 3.54. The molecule has 2 amide bonds. The second kappa shape index (κ2) is 11.4. The van der Waals surface area contributed by atoms with E-state index in [9.17, 15) is 9.59 Å². The average molecular weight is 687 g/mol. The number of para-hydroxylation sites is 4. The summed E-state index contributed by atoms with van der Waals surface area (Å²) in [6.45, 7) is 9.06. The number of anilines is 4. The first-order valence-electron chi connectivity index (χ1n) is 15.2. The van der Waals surface area contributed by atoms with Crippen LogP contribution >= 0.6 is 12.2 Å². The fourth-order valence-corrected chi connectivity index (χ4v) is 9.03. The van der Waals surface area contributed by atoms with Gasteiger partial charge in [0.25, 0.3) is 0 Å². The van der Waals surface area contributed by atoms with E-state index in [1.54, 1.807) is 6.08 Å². The van der Waals surface area contributed by atoms with Gasteiger partial charge in [-0.15, -0.1) is 0 Å². The maximum atomic E-state index is 14.0. The van der Waals surface area contributed by atoms with Gasteiger partial charge in [0.15, 0.2) is 0 Å². The number of benzene rings is 4. The van der Waals surface area contributed by atoms with Gasteiger partial charge in [-0.3, -0.25) is 0 Å². The molecule has 0 unspecified atom stereocenters. The molecular formula is C39H33N3O2SSe. The van der Waals surface area contributed by atoms with Crippen molar-refractivity contribution in [1.82, 2.24) is 0 Å². The predicted molar refractivity (Wildman–Crippen MR) is 192 cm³/mol.